The van der Waals surface area contributed by atoms with Crippen molar-refractivity contribution in [1.82, 2.24) is 24.9 Å². The number of pyridine rings is 1. The molecule has 2 amide bonds. The molecule has 1 aromatic carbocycles. The average Bonchev–Trinajstić information content (AvgIpc) is 3.12. The first kappa shape index (κ1) is 17.6. The number of halogens is 1. The highest BCUT2D eigenvalue weighted by molar-refractivity contribution is 5.90. The van der Waals surface area contributed by atoms with Crippen molar-refractivity contribution in [3.63, 3.8) is 0 Å². The van der Waals surface area contributed by atoms with Crippen LogP contribution >= 0.6 is 0 Å². The van der Waals surface area contributed by atoms with Gasteiger partial charge in [-0.1, -0.05) is 12.1 Å². The molecule has 0 bridgehead atoms. The van der Waals surface area contributed by atoms with Gasteiger partial charge in [-0.05, 0) is 36.8 Å². The maximum atomic E-state index is 13.1. The second-order valence-electron chi connectivity index (χ2n) is 6.09. The van der Waals surface area contributed by atoms with Crippen molar-refractivity contribution in [3.8, 4) is 22.4 Å². The minimum absolute atomic E-state index is 0.276. The highest BCUT2D eigenvalue weighted by Gasteiger charge is 2.12. The predicted octanol–water partition coefficient (Wildman–Crippen LogP) is 3.74. The summed E-state index contributed by atoms with van der Waals surface area (Å²) in [5.41, 5.74) is 4.31. The molecule has 7 nitrogen and oxygen atoms in total. The fraction of sp³-hybridized carbons (Fsp3) is 0.100. The molecule has 0 aliphatic rings. The number of benzene rings is 1. The fourth-order valence-corrected chi connectivity index (χ4v) is 2.84. The quantitative estimate of drug-likeness (QED) is 0.568. The first-order valence-electron chi connectivity index (χ1n) is 8.74. The molecule has 140 valence electrons. The number of rotatable bonds is 4. The molecule has 0 radical (unpaired) electrons. The zero-order valence-corrected chi connectivity index (χ0v) is 15.1. The maximum absolute atomic E-state index is 13.1. The van der Waals surface area contributed by atoms with Crippen LogP contribution in [0.25, 0.3) is 28.0 Å². The van der Waals surface area contributed by atoms with Crippen LogP contribution in [0, 0.1) is 5.82 Å². The number of fused-ring (bicyclic) bond motifs is 1. The molecule has 0 unspecified atom stereocenters. The first-order chi connectivity index (χ1) is 13.6. The lowest BCUT2D eigenvalue weighted by Gasteiger charge is -2.07. The highest BCUT2D eigenvalue weighted by atomic mass is 19.1. The van der Waals surface area contributed by atoms with Gasteiger partial charge in [-0.25, -0.2) is 18.7 Å². The van der Waals surface area contributed by atoms with Crippen molar-refractivity contribution in [3.05, 3.63) is 67.0 Å². The number of carbonyl (C=O) groups excluding carboxylic acids is 1. The van der Waals surface area contributed by atoms with Gasteiger partial charge in [-0.3, -0.25) is 4.98 Å². The van der Waals surface area contributed by atoms with Crippen molar-refractivity contribution in [2.75, 3.05) is 11.9 Å². The van der Waals surface area contributed by atoms with E-state index in [1.807, 2.05) is 13.1 Å². The summed E-state index contributed by atoms with van der Waals surface area (Å²) in [6, 6.07) is 9.41. The molecule has 0 aliphatic heterocycles. The Morgan fingerprint density at radius 2 is 1.93 bits per heavy atom. The topological polar surface area (TPSA) is 84.2 Å². The van der Waals surface area contributed by atoms with E-state index in [-0.39, 0.29) is 11.8 Å². The Morgan fingerprint density at radius 3 is 2.71 bits per heavy atom. The van der Waals surface area contributed by atoms with Gasteiger partial charge in [-0.2, -0.15) is 5.10 Å². The van der Waals surface area contributed by atoms with Crippen LogP contribution in [0.4, 0.5) is 14.9 Å². The highest BCUT2D eigenvalue weighted by Crippen LogP contribution is 2.26. The van der Waals surface area contributed by atoms with E-state index in [0.29, 0.717) is 23.6 Å². The van der Waals surface area contributed by atoms with Crippen LogP contribution in [0.2, 0.25) is 0 Å². The van der Waals surface area contributed by atoms with Crippen molar-refractivity contribution < 1.29 is 9.18 Å². The van der Waals surface area contributed by atoms with Crippen LogP contribution in [-0.2, 0) is 0 Å². The predicted molar refractivity (Wildman–Crippen MR) is 104 cm³/mol. The van der Waals surface area contributed by atoms with E-state index in [1.54, 1.807) is 47.4 Å². The Morgan fingerprint density at radius 1 is 1.11 bits per heavy atom. The standard InChI is InChI=1S/C20H17FN6O/c1-2-22-20(28)26-16-7-8-23-18(9-16)17-11-25-27-12-14(10-24-19(17)27)13-3-5-15(21)6-4-13/h3-12H,2H2,1H3,(H2,22,23,26,28). The molecule has 0 aliphatic carbocycles. The maximum Gasteiger partial charge on any atom is 0.319 e. The fourth-order valence-electron chi connectivity index (χ4n) is 2.84. The number of nitrogens with one attached hydrogen (secondary N) is 2. The summed E-state index contributed by atoms with van der Waals surface area (Å²) in [6.07, 6.45) is 6.84. The van der Waals surface area contributed by atoms with E-state index in [9.17, 15) is 9.18 Å². The molecular weight excluding hydrogens is 359 g/mol. The third kappa shape index (κ3) is 3.52. The normalized spacial score (nSPS) is 10.8. The number of carbonyl (C=O) groups is 1. The summed E-state index contributed by atoms with van der Waals surface area (Å²) in [7, 11) is 0. The molecule has 0 atom stereocenters. The van der Waals surface area contributed by atoms with Gasteiger partial charge in [0, 0.05) is 36.4 Å². The molecule has 0 fully saturated rings. The van der Waals surface area contributed by atoms with Crippen LogP contribution in [-0.4, -0.2) is 32.2 Å². The van der Waals surface area contributed by atoms with Gasteiger partial charge in [-0.15, -0.1) is 0 Å². The second kappa shape index (κ2) is 7.43. The molecule has 8 heteroatoms. The lowest BCUT2D eigenvalue weighted by molar-refractivity contribution is 0.252. The number of hydrogen-bond acceptors (Lipinski definition) is 4. The second-order valence-corrected chi connectivity index (χ2v) is 6.09. The molecule has 4 aromatic rings. The lowest BCUT2D eigenvalue weighted by Crippen LogP contribution is -2.28. The Balaban J connectivity index is 1.66. The van der Waals surface area contributed by atoms with E-state index in [2.05, 4.69) is 25.7 Å². The van der Waals surface area contributed by atoms with Gasteiger partial charge in [0.05, 0.1) is 17.5 Å². The van der Waals surface area contributed by atoms with Crippen LogP contribution in [0.3, 0.4) is 0 Å². The number of urea groups is 1. The third-order valence-corrected chi connectivity index (χ3v) is 4.17. The summed E-state index contributed by atoms with van der Waals surface area (Å²) in [5, 5.41) is 9.80. The third-order valence-electron chi connectivity index (χ3n) is 4.17. The summed E-state index contributed by atoms with van der Waals surface area (Å²) in [6.45, 7) is 2.39. The van der Waals surface area contributed by atoms with Gasteiger partial charge in [0.15, 0.2) is 5.65 Å². The minimum Gasteiger partial charge on any atom is -0.338 e. The Hall–Kier alpha value is -3.81. The van der Waals surface area contributed by atoms with Crippen LogP contribution in [0.15, 0.2) is 61.2 Å². The van der Waals surface area contributed by atoms with Crippen molar-refractivity contribution in [2.45, 2.75) is 6.92 Å². The summed E-state index contributed by atoms with van der Waals surface area (Å²) >= 11 is 0. The smallest absolute Gasteiger partial charge is 0.319 e. The molecule has 28 heavy (non-hydrogen) atoms. The van der Waals surface area contributed by atoms with E-state index in [0.717, 1.165) is 16.7 Å². The van der Waals surface area contributed by atoms with Crippen molar-refractivity contribution in [1.29, 1.82) is 0 Å². The number of anilines is 1. The van der Waals surface area contributed by atoms with Gasteiger partial charge >= 0.3 is 6.03 Å². The Kier molecular flexibility index (Phi) is 4.67. The number of nitrogens with zero attached hydrogens (tertiary/aromatic N) is 4. The largest absolute Gasteiger partial charge is 0.338 e. The Bertz CT molecular complexity index is 1140. The van der Waals surface area contributed by atoms with Gasteiger partial charge in [0.1, 0.15) is 5.82 Å². The zero-order chi connectivity index (χ0) is 19.5. The zero-order valence-electron chi connectivity index (χ0n) is 15.1. The monoisotopic (exact) mass is 376 g/mol. The number of aromatic nitrogens is 4. The molecule has 0 spiro atoms. The van der Waals surface area contributed by atoms with Gasteiger partial charge < -0.3 is 10.6 Å². The lowest BCUT2D eigenvalue weighted by atomic mass is 10.1. The van der Waals surface area contributed by atoms with Crippen molar-refractivity contribution in [2.24, 2.45) is 0 Å². The summed E-state index contributed by atoms with van der Waals surface area (Å²) < 4.78 is 14.8. The van der Waals surface area contributed by atoms with Gasteiger partial charge in [0.2, 0.25) is 0 Å². The first-order valence-corrected chi connectivity index (χ1v) is 8.74. The molecule has 0 saturated carbocycles. The van der Waals surface area contributed by atoms with Crippen LogP contribution in [0.1, 0.15) is 6.92 Å². The van der Waals surface area contributed by atoms with E-state index < -0.39 is 0 Å². The number of hydrogen-bond donors (Lipinski definition) is 2. The Labute approximate surface area is 160 Å². The van der Waals surface area contributed by atoms with E-state index >= 15 is 0 Å². The SMILES string of the molecule is CCNC(=O)Nc1ccnc(-c2cnn3cc(-c4ccc(F)cc4)cnc23)c1. The average molecular weight is 376 g/mol. The molecule has 3 aromatic heterocycles. The summed E-state index contributed by atoms with van der Waals surface area (Å²) in [5.74, 6) is -0.286. The van der Waals surface area contributed by atoms with E-state index in [4.69, 9.17) is 0 Å². The van der Waals surface area contributed by atoms with Gasteiger partial charge in [0.25, 0.3) is 0 Å². The molecule has 4 rings (SSSR count). The van der Waals surface area contributed by atoms with Crippen molar-refractivity contribution >= 4 is 17.4 Å². The van der Waals surface area contributed by atoms with Crippen LogP contribution < -0.4 is 10.6 Å². The van der Waals surface area contributed by atoms with Crippen LogP contribution in [0.5, 0.6) is 0 Å². The minimum atomic E-state index is -0.286. The molecular formula is C20H17FN6O. The number of amides is 2. The molecule has 0 saturated heterocycles. The molecule has 3 heterocycles. The summed E-state index contributed by atoms with van der Waals surface area (Å²) in [4.78, 5) is 20.6. The van der Waals surface area contributed by atoms with E-state index in [1.165, 1.54) is 12.1 Å². The molecule has 2 N–H and O–H groups in total.